The van der Waals surface area contributed by atoms with Crippen molar-refractivity contribution in [1.82, 2.24) is 14.5 Å². The van der Waals surface area contributed by atoms with Gasteiger partial charge in [-0.3, -0.25) is 14.7 Å². The van der Waals surface area contributed by atoms with Crippen molar-refractivity contribution in [3.8, 4) is 0 Å². The average molecular weight is 463 g/mol. The lowest BCUT2D eigenvalue weighted by Crippen LogP contribution is -2.35. The Morgan fingerprint density at radius 1 is 1.28 bits per heavy atom. The SMILES string of the molecule is C=N/C=C(\C=N/C)c1cc(F)cc(C(C)C)c1NC(=O)NS(=O)(=O)c1ccn(C(C)C)n1. The Labute approximate surface area is 187 Å². The number of rotatable bonds is 8. The number of allylic oxidation sites excluding steroid dienone is 1. The lowest BCUT2D eigenvalue weighted by Gasteiger charge is -2.19. The minimum atomic E-state index is -4.22. The number of amides is 2. The molecule has 172 valence electrons. The lowest BCUT2D eigenvalue weighted by molar-refractivity contribution is 0.256. The van der Waals surface area contributed by atoms with Crippen LogP contribution in [0.4, 0.5) is 14.9 Å². The Morgan fingerprint density at radius 3 is 2.50 bits per heavy atom. The van der Waals surface area contributed by atoms with E-state index in [1.165, 1.54) is 48.5 Å². The van der Waals surface area contributed by atoms with Gasteiger partial charge in [-0.15, -0.1) is 0 Å². The molecule has 1 heterocycles. The lowest BCUT2D eigenvalue weighted by atomic mass is 9.94. The molecule has 2 amide bonds. The smallest absolute Gasteiger partial charge is 0.306 e. The number of hydrogen-bond donors (Lipinski definition) is 2. The zero-order valence-electron chi connectivity index (χ0n) is 18.6. The number of benzene rings is 1. The van der Waals surface area contributed by atoms with Crippen molar-refractivity contribution in [2.24, 2.45) is 9.98 Å². The first-order chi connectivity index (χ1) is 15.0. The second-order valence-corrected chi connectivity index (χ2v) is 9.14. The molecule has 2 N–H and O–H groups in total. The zero-order valence-corrected chi connectivity index (χ0v) is 19.4. The van der Waals surface area contributed by atoms with Crippen molar-refractivity contribution in [3.63, 3.8) is 0 Å². The Balaban J connectivity index is 2.46. The molecule has 1 aromatic heterocycles. The van der Waals surface area contributed by atoms with Gasteiger partial charge in [0.2, 0.25) is 0 Å². The molecule has 9 nitrogen and oxygen atoms in total. The van der Waals surface area contributed by atoms with E-state index in [1.807, 2.05) is 32.4 Å². The van der Waals surface area contributed by atoms with E-state index < -0.39 is 21.9 Å². The third-order valence-electron chi connectivity index (χ3n) is 4.42. The molecule has 0 aliphatic rings. The molecule has 0 aliphatic heterocycles. The molecule has 0 radical (unpaired) electrons. The summed E-state index contributed by atoms with van der Waals surface area (Å²) in [6.45, 7) is 10.7. The maximum Gasteiger partial charge on any atom is 0.333 e. The molecule has 32 heavy (non-hydrogen) atoms. The van der Waals surface area contributed by atoms with E-state index in [9.17, 15) is 17.6 Å². The van der Waals surface area contributed by atoms with Crippen LogP contribution in [0.15, 0.2) is 45.6 Å². The van der Waals surface area contributed by atoms with Crippen molar-refractivity contribution in [2.75, 3.05) is 12.4 Å². The summed E-state index contributed by atoms with van der Waals surface area (Å²) in [5, 5.41) is 6.24. The van der Waals surface area contributed by atoms with Gasteiger partial charge in [0.25, 0.3) is 10.0 Å². The molecular weight excluding hydrogens is 435 g/mol. The van der Waals surface area contributed by atoms with Crippen molar-refractivity contribution in [1.29, 1.82) is 0 Å². The number of halogens is 1. The summed E-state index contributed by atoms with van der Waals surface area (Å²) < 4.78 is 43.0. The van der Waals surface area contributed by atoms with Crippen LogP contribution in [0.3, 0.4) is 0 Å². The van der Waals surface area contributed by atoms with Gasteiger partial charge in [-0.05, 0) is 50.2 Å². The molecule has 0 atom stereocenters. The van der Waals surface area contributed by atoms with Crippen LogP contribution in [0, 0.1) is 5.82 Å². The number of nitrogens with zero attached hydrogens (tertiary/aromatic N) is 4. The van der Waals surface area contributed by atoms with Crippen LogP contribution in [-0.4, -0.2) is 44.2 Å². The van der Waals surface area contributed by atoms with E-state index in [2.05, 4.69) is 27.1 Å². The van der Waals surface area contributed by atoms with Gasteiger partial charge in [0.1, 0.15) is 5.82 Å². The predicted molar refractivity (Wildman–Crippen MR) is 124 cm³/mol. The molecule has 0 spiro atoms. The monoisotopic (exact) mass is 462 g/mol. The first-order valence-electron chi connectivity index (χ1n) is 9.81. The fraction of sp³-hybridized carbons (Fsp3) is 0.333. The van der Waals surface area contributed by atoms with Crippen LogP contribution in [-0.2, 0) is 10.0 Å². The Morgan fingerprint density at radius 2 is 1.97 bits per heavy atom. The zero-order chi connectivity index (χ0) is 24.1. The second-order valence-electron chi connectivity index (χ2n) is 7.51. The number of anilines is 1. The molecule has 2 rings (SSSR count). The van der Waals surface area contributed by atoms with Crippen LogP contribution in [0.2, 0.25) is 0 Å². The van der Waals surface area contributed by atoms with Crippen LogP contribution in [0.25, 0.3) is 5.57 Å². The van der Waals surface area contributed by atoms with Gasteiger partial charge in [-0.25, -0.2) is 13.9 Å². The van der Waals surface area contributed by atoms with Crippen LogP contribution >= 0.6 is 0 Å². The van der Waals surface area contributed by atoms with E-state index in [4.69, 9.17) is 0 Å². The number of nitrogens with one attached hydrogen (secondary N) is 2. The van der Waals surface area contributed by atoms with Gasteiger partial charge in [-0.2, -0.15) is 13.5 Å². The summed E-state index contributed by atoms with van der Waals surface area (Å²) in [7, 11) is -2.69. The van der Waals surface area contributed by atoms with E-state index in [-0.39, 0.29) is 28.2 Å². The number of hydrogen-bond acceptors (Lipinski definition) is 6. The topological polar surface area (TPSA) is 118 Å². The number of urea groups is 1. The Hall–Kier alpha value is -3.34. The van der Waals surface area contributed by atoms with Crippen LogP contribution in [0.1, 0.15) is 50.8 Å². The fourth-order valence-corrected chi connectivity index (χ4v) is 3.77. The van der Waals surface area contributed by atoms with E-state index in [1.54, 1.807) is 0 Å². The van der Waals surface area contributed by atoms with Gasteiger partial charge in [-0.1, -0.05) is 13.8 Å². The fourth-order valence-electron chi connectivity index (χ4n) is 2.93. The number of aliphatic imine (C=N–C) groups is 2. The second kappa shape index (κ2) is 10.3. The van der Waals surface area contributed by atoms with Gasteiger partial charge in [0.05, 0.1) is 5.69 Å². The van der Waals surface area contributed by atoms with Gasteiger partial charge in [0, 0.05) is 42.8 Å². The highest BCUT2D eigenvalue weighted by molar-refractivity contribution is 7.90. The highest BCUT2D eigenvalue weighted by Crippen LogP contribution is 2.33. The van der Waals surface area contributed by atoms with Gasteiger partial charge in [0.15, 0.2) is 5.03 Å². The summed E-state index contributed by atoms with van der Waals surface area (Å²) >= 11 is 0. The molecule has 11 heteroatoms. The Bertz CT molecular complexity index is 1170. The number of sulfonamides is 1. The summed E-state index contributed by atoms with van der Waals surface area (Å²) in [6, 6.07) is 2.72. The van der Waals surface area contributed by atoms with Gasteiger partial charge < -0.3 is 5.32 Å². The maximum atomic E-state index is 14.4. The normalized spacial score (nSPS) is 12.6. The Kier molecular flexibility index (Phi) is 8.03. The number of carbonyl (C=O) groups excluding carboxylic acids is 1. The molecule has 0 saturated carbocycles. The van der Waals surface area contributed by atoms with Crippen LogP contribution in [0.5, 0.6) is 0 Å². The number of aromatic nitrogens is 2. The van der Waals surface area contributed by atoms with E-state index in [0.29, 0.717) is 11.1 Å². The summed E-state index contributed by atoms with van der Waals surface area (Å²) in [5.74, 6) is -0.712. The van der Waals surface area contributed by atoms with Crippen molar-refractivity contribution in [2.45, 2.75) is 44.7 Å². The summed E-state index contributed by atoms with van der Waals surface area (Å²) in [6.07, 6.45) is 4.31. The molecule has 1 aromatic carbocycles. The third-order valence-corrected chi connectivity index (χ3v) is 5.64. The minimum absolute atomic E-state index is 0.0490. The standard InChI is InChI=1S/C21H27FN6O3S/c1-13(2)17-9-16(22)10-18(15(11-23-5)12-24-6)20(17)25-21(29)27-32(30,31)19-7-8-28(26-19)14(3)4/h7-14H,5H2,1-4,6H3,(H2,25,27,29)/b15-11+,24-12-. The quantitative estimate of drug-likeness (QED) is 0.577. The first kappa shape index (κ1) is 24.9. The molecule has 0 saturated heterocycles. The van der Waals surface area contributed by atoms with Crippen molar-refractivity contribution in [3.05, 3.63) is 47.5 Å². The molecule has 0 fully saturated rings. The van der Waals surface area contributed by atoms with E-state index in [0.717, 1.165) is 0 Å². The number of carbonyl (C=O) groups is 1. The van der Waals surface area contributed by atoms with Gasteiger partial charge >= 0.3 is 6.03 Å². The highest BCUT2D eigenvalue weighted by Gasteiger charge is 2.24. The average Bonchev–Trinajstić information content (AvgIpc) is 3.20. The molecule has 0 bridgehead atoms. The first-order valence-corrected chi connectivity index (χ1v) is 11.3. The molecule has 2 aromatic rings. The van der Waals surface area contributed by atoms with E-state index >= 15 is 0 Å². The third kappa shape index (κ3) is 5.88. The molecule has 0 unspecified atom stereocenters. The molecule has 0 aliphatic carbocycles. The predicted octanol–water partition coefficient (Wildman–Crippen LogP) is 3.98. The largest absolute Gasteiger partial charge is 0.333 e. The summed E-state index contributed by atoms with van der Waals surface area (Å²) in [5.41, 5.74) is 1.37. The minimum Gasteiger partial charge on any atom is -0.306 e. The van der Waals surface area contributed by atoms with Crippen LogP contribution < -0.4 is 10.0 Å². The maximum absolute atomic E-state index is 14.4. The molecular formula is C21H27FN6O3S. The van der Waals surface area contributed by atoms with Crippen molar-refractivity contribution < 1.29 is 17.6 Å². The van der Waals surface area contributed by atoms with Crippen molar-refractivity contribution >= 4 is 40.2 Å². The summed E-state index contributed by atoms with van der Waals surface area (Å²) in [4.78, 5) is 20.3. The highest BCUT2D eigenvalue weighted by atomic mass is 32.2.